The van der Waals surface area contributed by atoms with Crippen LogP contribution in [0.1, 0.15) is 30.5 Å². The van der Waals surface area contributed by atoms with Crippen LogP contribution in [0.2, 0.25) is 0 Å². The number of phenols is 1. The normalized spacial score (nSPS) is 17.6. The summed E-state index contributed by atoms with van der Waals surface area (Å²) in [6.07, 6.45) is 6.47. The number of aromatic hydroxyl groups is 1. The lowest BCUT2D eigenvalue weighted by atomic mass is 10.1. The van der Waals surface area contributed by atoms with Gasteiger partial charge in [0, 0.05) is 24.2 Å². The summed E-state index contributed by atoms with van der Waals surface area (Å²) in [5, 5.41) is 12.5. The molecule has 1 aliphatic heterocycles. The molecule has 2 N–H and O–H groups in total. The second-order valence-electron chi connectivity index (χ2n) is 5.67. The molecule has 1 atom stereocenters. The van der Waals surface area contributed by atoms with Crippen LogP contribution < -0.4 is 5.32 Å². The molecule has 5 heteroatoms. The van der Waals surface area contributed by atoms with Crippen LogP contribution in [0.5, 0.6) is 5.75 Å². The number of hydrogen-bond donors (Lipinski definition) is 2. The van der Waals surface area contributed by atoms with Crippen molar-refractivity contribution >= 4 is 11.6 Å². The van der Waals surface area contributed by atoms with Gasteiger partial charge in [-0.15, -0.1) is 0 Å². The van der Waals surface area contributed by atoms with Crippen molar-refractivity contribution in [3.8, 4) is 5.75 Å². The van der Waals surface area contributed by atoms with Gasteiger partial charge in [-0.3, -0.25) is 0 Å². The summed E-state index contributed by atoms with van der Waals surface area (Å²) in [6.45, 7) is 2.93. The van der Waals surface area contributed by atoms with E-state index in [4.69, 9.17) is 4.74 Å². The first-order valence-corrected chi connectivity index (χ1v) is 7.71. The number of rotatable bonds is 5. The van der Waals surface area contributed by atoms with Gasteiger partial charge in [0.25, 0.3) is 0 Å². The molecule has 2 aromatic rings. The fraction of sp³-hybridized carbons (Fsp3) is 0.412. The molecule has 0 amide bonds. The zero-order valence-electron chi connectivity index (χ0n) is 12.7. The molecule has 1 unspecified atom stereocenters. The first-order chi connectivity index (χ1) is 10.7. The lowest BCUT2D eigenvalue weighted by Gasteiger charge is -2.11. The Balaban J connectivity index is 1.67. The highest BCUT2D eigenvalue weighted by Crippen LogP contribution is 2.20. The standard InChI is InChI=1S/C17H21N3O2/c1-12-11-18-17(19-13-4-6-14(21)7-5-13)20-16(12)9-8-15-3-2-10-22-15/h4-7,11,15,21H,2-3,8-10H2,1H3,(H,18,19,20). The molecule has 1 aliphatic rings. The van der Waals surface area contributed by atoms with Crippen LogP contribution in [0.15, 0.2) is 30.5 Å². The predicted molar refractivity (Wildman–Crippen MR) is 85.5 cm³/mol. The van der Waals surface area contributed by atoms with Crippen molar-refractivity contribution in [1.29, 1.82) is 0 Å². The summed E-state index contributed by atoms with van der Waals surface area (Å²) in [7, 11) is 0. The second kappa shape index (κ2) is 6.75. The van der Waals surface area contributed by atoms with Gasteiger partial charge < -0.3 is 15.2 Å². The molecule has 0 bridgehead atoms. The summed E-state index contributed by atoms with van der Waals surface area (Å²) in [5.74, 6) is 0.825. The number of aryl methyl sites for hydroxylation is 2. The Morgan fingerprint density at radius 3 is 2.86 bits per heavy atom. The van der Waals surface area contributed by atoms with Crippen LogP contribution in [0.3, 0.4) is 0 Å². The molecule has 2 heterocycles. The van der Waals surface area contributed by atoms with Crippen molar-refractivity contribution in [1.82, 2.24) is 9.97 Å². The van der Waals surface area contributed by atoms with Crippen LogP contribution in [-0.2, 0) is 11.2 Å². The lowest BCUT2D eigenvalue weighted by molar-refractivity contribution is 0.104. The Kier molecular flexibility index (Phi) is 4.53. The molecule has 1 fully saturated rings. The molecule has 0 saturated carbocycles. The van der Waals surface area contributed by atoms with Gasteiger partial charge in [0.05, 0.1) is 6.10 Å². The second-order valence-corrected chi connectivity index (χ2v) is 5.67. The maximum absolute atomic E-state index is 9.31. The van der Waals surface area contributed by atoms with Crippen LogP contribution in [0, 0.1) is 6.92 Å². The molecular formula is C17H21N3O2. The third-order valence-electron chi connectivity index (χ3n) is 3.93. The zero-order chi connectivity index (χ0) is 15.4. The number of nitrogens with zero attached hydrogens (tertiary/aromatic N) is 2. The van der Waals surface area contributed by atoms with Gasteiger partial charge in [0.15, 0.2) is 0 Å². The van der Waals surface area contributed by atoms with E-state index >= 15 is 0 Å². The smallest absolute Gasteiger partial charge is 0.227 e. The highest BCUT2D eigenvalue weighted by molar-refractivity contribution is 5.54. The summed E-state index contributed by atoms with van der Waals surface area (Å²) >= 11 is 0. The van der Waals surface area contributed by atoms with E-state index in [1.165, 1.54) is 6.42 Å². The first-order valence-electron chi connectivity index (χ1n) is 7.71. The fourth-order valence-corrected chi connectivity index (χ4v) is 2.63. The highest BCUT2D eigenvalue weighted by Gasteiger charge is 2.16. The van der Waals surface area contributed by atoms with E-state index in [1.807, 2.05) is 13.1 Å². The van der Waals surface area contributed by atoms with Gasteiger partial charge in [-0.05, 0) is 62.4 Å². The molecule has 116 valence electrons. The molecule has 0 radical (unpaired) electrons. The van der Waals surface area contributed by atoms with Gasteiger partial charge in [-0.2, -0.15) is 0 Å². The summed E-state index contributed by atoms with van der Waals surface area (Å²) < 4.78 is 5.67. The SMILES string of the molecule is Cc1cnc(Nc2ccc(O)cc2)nc1CCC1CCCO1. The van der Waals surface area contributed by atoms with Crippen LogP contribution in [0.25, 0.3) is 0 Å². The number of nitrogens with one attached hydrogen (secondary N) is 1. The van der Waals surface area contributed by atoms with Gasteiger partial charge >= 0.3 is 0 Å². The van der Waals surface area contributed by atoms with E-state index < -0.39 is 0 Å². The number of benzene rings is 1. The maximum Gasteiger partial charge on any atom is 0.227 e. The Hall–Kier alpha value is -2.14. The van der Waals surface area contributed by atoms with Crippen molar-refractivity contribution in [3.63, 3.8) is 0 Å². The van der Waals surface area contributed by atoms with E-state index in [9.17, 15) is 5.11 Å². The minimum absolute atomic E-state index is 0.243. The van der Waals surface area contributed by atoms with Crippen molar-refractivity contribution in [2.45, 2.75) is 38.7 Å². The van der Waals surface area contributed by atoms with Crippen LogP contribution in [-0.4, -0.2) is 27.8 Å². The van der Waals surface area contributed by atoms with Crippen molar-refractivity contribution in [2.75, 3.05) is 11.9 Å². The number of ether oxygens (including phenoxy) is 1. The van der Waals surface area contributed by atoms with Gasteiger partial charge in [-0.1, -0.05) is 0 Å². The molecule has 0 aliphatic carbocycles. The Labute approximate surface area is 130 Å². The molecule has 1 saturated heterocycles. The van der Waals surface area contributed by atoms with E-state index in [0.717, 1.165) is 42.8 Å². The van der Waals surface area contributed by atoms with Crippen molar-refractivity contribution in [3.05, 3.63) is 41.7 Å². The quantitative estimate of drug-likeness (QED) is 0.829. The first kappa shape index (κ1) is 14.8. The molecule has 22 heavy (non-hydrogen) atoms. The largest absolute Gasteiger partial charge is 0.508 e. The van der Waals surface area contributed by atoms with Crippen LogP contribution in [0.4, 0.5) is 11.6 Å². The number of hydrogen-bond acceptors (Lipinski definition) is 5. The molecule has 1 aromatic heterocycles. The predicted octanol–water partition coefficient (Wildman–Crippen LogP) is 3.35. The van der Waals surface area contributed by atoms with Crippen molar-refractivity contribution < 1.29 is 9.84 Å². The monoisotopic (exact) mass is 299 g/mol. The highest BCUT2D eigenvalue weighted by atomic mass is 16.5. The van der Waals surface area contributed by atoms with Gasteiger partial charge in [0.2, 0.25) is 5.95 Å². The van der Waals surface area contributed by atoms with E-state index in [1.54, 1.807) is 24.3 Å². The lowest BCUT2D eigenvalue weighted by Crippen LogP contribution is -2.09. The van der Waals surface area contributed by atoms with Crippen molar-refractivity contribution in [2.24, 2.45) is 0 Å². The summed E-state index contributed by atoms with van der Waals surface area (Å²) in [6, 6.07) is 6.86. The number of aromatic nitrogens is 2. The molecular weight excluding hydrogens is 278 g/mol. The van der Waals surface area contributed by atoms with E-state index in [2.05, 4.69) is 15.3 Å². The zero-order valence-corrected chi connectivity index (χ0v) is 12.7. The van der Waals surface area contributed by atoms with Gasteiger partial charge in [0.1, 0.15) is 5.75 Å². The molecule has 3 rings (SSSR count). The molecule has 5 nitrogen and oxygen atoms in total. The summed E-state index contributed by atoms with van der Waals surface area (Å²) in [4.78, 5) is 8.93. The van der Waals surface area contributed by atoms with Crippen LogP contribution >= 0.6 is 0 Å². The Morgan fingerprint density at radius 1 is 1.32 bits per heavy atom. The van der Waals surface area contributed by atoms with E-state index in [0.29, 0.717) is 12.1 Å². The molecule has 0 spiro atoms. The number of anilines is 2. The minimum atomic E-state index is 0.243. The minimum Gasteiger partial charge on any atom is -0.508 e. The molecule has 1 aromatic carbocycles. The summed E-state index contributed by atoms with van der Waals surface area (Å²) in [5.41, 5.74) is 3.02. The maximum atomic E-state index is 9.31. The Morgan fingerprint density at radius 2 is 2.14 bits per heavy atom. The average molecular weight is 299 g/mol. The Bertz CT molecular complexity index is 622. The average Bonchev–Trinajstić information content (AvgIpc) is 3.03. The fourth-order valence-electron chi connectivity index (χ4n) is 2.63. The topological polar surface area (TPSA) is 67.3 Å². The van der Waals surface area contributed by atoms with E-state index in [-0.39, 0.29) is 5.75 Å². The number of phenolic OH excluding ortho intramolecular Hbond substituents is 1. The third kappa shape index (κ3) is 3.74. The third-order valence-corrected chi connectivity index (χ3v) is 3.93. The van der Waals surface area contributed by atoms with Gasteiger partial charge in [-0.25, -0.2) is 9.97 Å².